The molecule has 0 bridgehead atoms. The molecule has 0 radical (unpaired) electrons. The quantitative estimate of drug-likeness (QED) is 0.0814. The van der Waals surface area contributed by atoms with Crippen LogP contribution in [0.15, 0.2) is 0 Å². The van der Waals surface area contributed by atoms with Crippen molar-refractivity contribution in [2.75, 3.05) is 13.2 Å². The average molecular weight is 519 g/mol. The molecule has 0 aliphatic rings. The number of unbranched alkanes of at least 4 members (excludes halogenated alkanes) is 16. The van der Waals surface area contributed by atoms with Crippen molar-refractivity contribution >= 4 is 17.9 Å². The molecule has 36 heavy (non-hydrogen) atoms. The zero-order chi connectivity index (χ0) is 27.1. The maximum atomic E-state index is 11.7. The standard InChI is InChI=1S/C27H50O9/c28-22-23(29)18-16-14-12-10-8-6-4-2-1-3-5-7-9-11-13-15-17-19-36-25(32)21-27(35,26(33)34)20-24(30)31/h23,28-29,35H,1-22H2,(H,30,31)(H,33,34). The first-order valence-electron chi connectivity index (χ1n) is 13.8. The number of carboxylic acid groups (broad SMARTS) is 2. The fourth-order valence-corrected chi connectivity index (χ4v) is 4.16. The minimum atomic E-state index is -2.64. The number of carboxylic acids is 2. The van der Waals surface area contributed by atoms with Crippen LogP contribution in [-0.4, -0.2) is 68.4 Å². The van der Waals surface area contributed by atoms with Gasteiger partial charge in [-0.15, -0.1) is 0 Å². The van der Waals surface area contributed by atoms with E-state index in [9.17, 15) is 24.6 Å². The number of esters is 1. The maximum absolute atomic E-state index is 11.7. The molecule has 0 amide bonds. The van der Waals surface area contributed by atoms with Crippen LogP contribution >= 0.6 is 0 Å². The molecular weight excluding hydrogens is 468 g/mol. The second-order valence-electron chi connectivity index (χ2n) is 9.94. The zero-order valence-corrected chi connectivity index (χ0v) is 22.0. The minimum absolute atomic E-state index is 0.131. The van der Waals surface area contributed by atoms with Crippen molar-refractivity contribution in [3.8, 4) is 0 Å². The van der Waals surface area contributed by atoms with E-state index >= 15 is 0 Å². The highest BCUT2D eigenvalue weighted by Crippen LogP contribution is 2.18. The van der Waals surface area contributed by atoms with Gasteiger partial charge in [-0.3, -0.25) is 9.59 Å². The lowest BCUT2D eigenvalue weighted by atomic mass is 9.96. The number of hydrogen-bond donors (Lipinski definition) is 5. The molecule has 0 aromatic heterocycles. The molecule has 0 aromatic rings. The summed E-state index contributed by atoms with van der Waals surface area (Å²) >= 11 is 0. The number of rotatable bonds is 26. The van der Waals surface area contributed by atoms with Gasteiger partial charge in [0.1, 0.15) is 0 Å². The van der Waals surface area contributed by atoms with Crippen molar-refractivity contribution in [2.24, 2.45) is 0 Å². The molecule has 2 atom stereocenters. The van der Waals surface area contributed by atoms with Gasteiger partial charge in [0.05, 0.1) is 32.2 Å². The molecule has 9 heteroatoms. The van der Waals surface area contributed by atoms with Gasteiger partial charge < -0.3 is 30.3 Å². The molecule has 0 aliphatic heterocycles. The summed E-state index contributed by atoms with van der Waals surface area (Å²) in [6.45, 7) is 0.00475. The van der Waals surface area contributed by atoms with Crippen molar-refractivity contribution < 1.29 is 44.7 Å². The minimum Gasteiger partial charge on any atom is -0.481 e. The highest BCUT2D eigenvalue weighted by atomic mass is 16.5. The Bertz CT molecular complexity index is 582. The van der Waals surface area contributed by atoms with Crippen LogP contribution in [0, 0.1) is 0 Å². The molecule has 0 heterocycles. The molecule has 0 spiro atoms. The maximum Gasteiger partial charge on any atom is 0.336 e. The van der Waals surface area contributed by atoms with Gasteiger partial charge in [-0.2, -0.15) is 0 Å². The lowest BCUT2D eigenvalue weighted by Crippen LogP contribution is -2.43. The Morgan fingerprint density at radius 3 is 1.39 bits per heavy atom. The Kier molecular flexibility index (Phi) is 21.4. The summed E-state index contributed by atoms with van der Waals surface area (Å²) in [7, 11) is 0. The smallest absolute Gasteiger partial charge is 0.336 e. The molecule has 0 saturated heterocycles. The van der Waals surface area contributed by atoms with Crippen LogP contribution in [0.3, 0.4) is 0 Å². The summed E-state index contributed by atoms with van der Waals surface area (Å²) in [5.74, 6) is -4.16. The van der Waals surface area contributed by atoms with Gasteiger partial charge in [0, 0.05) is 0 Å². The molecule has 0 aliphatic carbocycles. The second-order valence-corrected chi connectivity index (χ2v) is 9.94. The van der Waals surface area contributed by atoms with Crippen molar-refractivity contribution in [2.45, 2.75) is 140 Å². The van der Waals surface area contributed by atoms with E-state index in [1.807, 2.05) is 0 Å². The van der Waals surface area contributed by atoms with Gasteiger partial charge in [0.2, 0.25) is 0 Å². The lowest BCUT2D eigenvalue weighted by molar-refractivity contribution is -0.172. The predicted octanol–water partition coefficient (Wildman–Crippen LogP) is 4.59. The summed E-state index contributed by atoms with van der Waals surface area (Å²) in [5, 5.41) is 45.5. The Balaban J connectivity index is 3.40. The van der Waals surface area contributed by atoms with Gasteiger partial charge in [-0.1, -0.05) is 103 Å². The second kappa shape index (κ2) is 22.5. The van der Waals surface area contributed by atoms with Crippen molar-refractivity contribution in [3.63, 3.8) is 0 Å². The van der Waals surface area contributed by atoms with E-state index < -0.39 is 42.5 Å². The van der Waals surface area contributed by atoms with E-state index in [0.29, 0.717) is 12.8 Å². The summed E-state index contributed by atoms with van der Waals surface area (Å²) < 4.78 is 4.94. The highest BCUT2D eigenvalue weighted by molar-refractivity contribution is 5.88. The summed E-state index contributed by atoms with van der Waals surface area (Å²) in [6.07, 6.45) is 18.0. The number of aliphatic carboxylic acids is 2. The number of carbonyl (C=O) groups is 3. The fraction of sp³-hybridized carbons (Fsp3) is 0.889. The third kappa shape index (κ3) is 20.5. The first-order valence-corrected chi connectivity index (χ1v) is 13.8. The van der Waals surface area contributed by atoms with Crippen LogP contribution in [-0.2, 0) is 19.1 Å². The molecule has 9 nitrogen and oxygen atoms in total. The fourth-order valence-electron chi connectivity index (χ4n) is 4.16. The molecule has 212 valence electrons. The normalized spacial score (nSPS) is 13.8. The Hall–Kier alpha value is -1.71. The van der Waals surface area contributed by atoms with Gasteiger partial charge in [0.25, 0.3) is 0 Å². The summed E-state index contributed by atoms with van der Waals surface area (Å²) in [5.41, 5.74) is -2.64. The Labute approximate surface area is 216 Å². The van der Waals surface area contributed by atoms with Crippen molar-refractivity contribution in [1.29, 1.82) is 0 Å². The molecule has 2 unspecified atom stereocenters. The topological polar surface area (TPSA) is 162 Å². The van der Waals surface area contributed by atoms with E-state index in [1.165, 1.54) is 70.6 Å². The number of hydrogen-bond acceptors (Lipinski definition) is 7. The monoisotopic (exact) mass is 518 g/mol. The summed E-state index contributed by atoms with van der Waals surface area (Å²) in [4.78, 5) is 33.4. The molecule has 0 fully saturated rings. The van der Waals surface area contributed by atoms with Gasteiger partial charge in [-0.05, 0) is 12.8 Å². The van der Waals surface area contributed by atoms with Crippen molar-refractivity contribution in [1.82, 2.24) is 0 Å². The highest BCUT2D eigenvalue weighted by Gasteiger charge is 2.41. The van der Waals surface area contributed by atoms with E-state index in [1.54, 1.807) is 0 Å². The Morgan fingerprint density at radius 1 is 0.639 bits per heavy atom. The number of aliphatic hydroxyl groups is 3. The largest absolute Gasteiger partial charge is 0.481 e. The van der Waals surface area contributed by atoms with E-state index in [0.717, 1.165) is 32.1 Å². The first-order chi connectivity index (χ1) is 17.2. The van der Waals surface area contributed by atoms with E-state index in [2.05, 4.69) is 0 Å². The van der Waals surface area contributed by atoms with Crippen LogP contribution in [0.2, 0.25) is 0 Å². The lowest BCUT2D eigenvalue weighted by Gasteiger charge is -2.20. The van der Waals surface area contributed by atoms with E-state index in [-0.39, 0.29) is 13.2 Å². The van der Waals surface area contributed by atoms with Crippen LogP contribution in [0.25, 0.3) is 0 Å². The van der Waals surface area contributed by atoms with Gasteiger partial charge in [0.15, 0.2) is 5.60 Å². The molecule has 5 N–H and O–H groups in total. The molecular formula is C27H50O9. The van der Waals surface area contributed by atoms with Crippen LogP contribution < -0.4 is 0 Å². The number of ether oxygens (including phenoxy) is 1. The molecule has 0 rings (SSSR count). The zero-order valence-electron chi connectivity index (χ0n) is 22.0. The van der Waals surface area contributed by atoms with Crippen LogP contribution in [0.5, 0.6) is 0 Å². The third-order valence-electron chi connectivity index (χ3n) is 6.43. The Morgan fingerprint density at radius 2 is 1.03 bits per heavy atom. The van der Waals surface area contributed by atoms with Crippen LogP contribution in [0.1, 0.15) is 128 Å². The predicted molar refractivity (Wildman–Crippen MR) is 137 cm³/mol. The number of aliphatic hydroxyl groups excluding tert-OH is 2. The number of carbonyl (C=O) groups excluding carboxylic acids is 1. The third-order valence-corrected chi connectivity index (χ3v) is 6.43. The first kappa shape index (κ1) is 34.3. The molecule has 0 aromatic carbocycles. The summed E-state index contributed by atoms with van der Waals surface area (Å²) in [6, 6.07) is 0. The average Bonchev–Trinajstić information content (AvgIpc) is 2.81. The van der Waals surface area contributed by atoms with Gasteiger partial charge >= 0.3 is 17.9 Å². The van der Waals surface area contributed by atoms with Crippen molar-refractivity contribution in [3.05, 3.63) is 0 Å². The van der Waals surface area contributed by atoms with Crippen LogP contribution in [0.4, 0.5) is 0 Å². The van der Waals surface area contributed by atoms with E-state index in [4.69, 9.17) is 20.1 Å². The van der Waals surface area contributed by atoms with Gasteiger partial charge in [-0.25, -0.2) is 4.79 Å². The molecule has 0 saturated carbocycles. The SMILES string of the molecule is O=C(O)CC(O)(CC(=O)OCCCCCCCCCCCCCCCCCCCC(O)CO)C(=O)O.